The molecule has 36 heavy (non-hydrogen) atoms. The van der Waals surface area contributed by atoms with Crippen molar-refractivity contribution in [1.82, 2.24) is 5.32 Å². The molecule has 13 heteroatoms. The Kier molecular flexibility index (Phi) is 8.66. The van der Waals surface area contributed by atoms with Gasteiger partial charge in [-0.25, -0.2) is 13.6 Å². The molecule has 0 radical (unpaired) electrons. The largest absolute Gasteiger partial charge is 0.481 e. The summed E-state index contributed by atoms with van der Waals surface area (Å²) in [4.78, 5) is 48.7. The van der Waals surface area contributed by atoms with Crippen LogP contribution in [0.25, 0.3) is 0 Å². The minimum absolute atomic E-state index is 0.0119. The van der Waals surface area contributed by atoms with E-state index < -0.39 is 41.4 Å². The molecule has 2 amide bonds. The Bertz CT molecular complexity index is 990. The lowest BCUT2D eigenvalue weighted by molar-refractivity contribution is -0.169. The molecule has 0 aliphatic carbocycles. The number of piperidine rings is 1. The Labute approximate surface area is 206 Å². The molecule has 1 aromatic carbocycles. The first-order valence-electron chi connectivity index (χ1n) is 11.4. The van der Waals surface area contributed by atoms with Gasteiger partial charge in [0, 0.05) is 52.1 Å². The van der Waals surface area contributed by atoms with E-state index in [4.69, 9.17) is 19.3 Å². The Balaban J connectivity index is 1.68. The van der Waals surface area contributed by atoms with Crippen molar-refractivity contribution in [3.8, 4) is 0 Å². The number of benzene rings is 1. The number of methoxy groups -OCH3 is 1. The minimum Gasteiger partial charge on any atom is -0.481 e. The van der Waals surface area contributed by atoms with Gasteiger partial charge in [-0.2, -0.15) is 0 Å². The van der Waals surface area contributed by atoms with E-state index in [9.17, 15) is 19.2 Å². The maximum atomic E-state index is 15.1. The van der Waals surface area contributed by atoms with Crippen LogP contribution in [0.3, 0.4) is 0 Å². The third-order valence-corrected chi connectivity index (χ3v) is 6.04. The summed E-state index contributed by atoms with van der Waals surface area (Å²) in [5.74, 6) is -3.85. The number of ether oxygens (including phenoxy) is 3. The Morgan fingerprint density at radius 1 is 1.19 bits per heavy atom. The first kappa shape index (κ1) is 27.1. The number of carbonyl (C=O) groups excluding carboxylic acids is 3. The average molecular weight is 513 g/mol. The Morgan fingerprint density at radius 3 is 2.39 bits per heavy atom. The SMILES string of the molecule is COCC1(OC(=O)CCC(=O)O)CCN(c2c(F)cc(N3CC(CNC(C)=O)OC3=O)cc2F)CC1. The smallest absolute Gasteiger partial charge is 0.414 e. The van der Waals surface area contributed by atoms with E-state index in [0.29, 0.717) is 0 Å². The Morgan fingerprint density at radius 2 is 1.83 bits per heavy atom. The number of anilines is 2. The summed E-state index contributed by atoms with van der Waals surface area (Å²) in [6.07, 6.45) is -1.66. The summed E-state index contributed by atoms with van der Waals surface area (Å²) in [6.45, 7) is 1.77. The number of hydrogen-bond donors (Lipinski definition) is 2. The highest BCUT2D eigenvalue weighted by atomic mass is 19.1. The van der Waals surface area contributed by atoms with Gasteiger partial charge in [0.05, 0.1) is 38.2 Å². The summed E-state index contributed by atoms with van der Waals surface area (Å²) in [5.41, 5.74) is -1.32. The van der Waals surface area contributed by atoms with Gasteiger partial charge in [0.25, 0.3) is 0 Å². The number of carboxylic acids is 1. The van der Waals surface area contributed by atoms with Crippen LogP contribution in [0.5, 0.6) is 0 Å². The fourth-order valence-corrected chi connectivity index (χ4v) is 4.28. The van der Waals surface area contributed by atoms with Gasteiger partial charge in [0.1, 0.15) is 17.4 Å². The molecule has 2 N–H and O–H groups in total. The molecular formula is C23H29F2N3O8. The first-order valence-corrected chi connectivity index (χ1v) is 11.4. The van der Waals surface area contributed by atoms with Crippen LogP contribution in [0.1, 0.15) is 32.6 Å². The molecule has 3 rings (SSSR count). The average Bonchev–Trinajstić information content (AvgIpc) is 3.18. The van der Waals surface area contributed by atoms with Gasteiger partial charge < -0.3 is 29.5 Å². The standard InChI is InChI=1S/C23H29F2N3O8/c1-14(29)26-11-16-12-28(22(33)35-16)15-9-17(24)21(18(25)10-15)27-7-5-23(6-8-27,13-34-2)36-20(32)4-3-19(30)31/h9-10,16H,3-8,11-13H2,1-2H3,(H,26,29)(H,30,31). The molecule has 0 bridgehead atoms. The van der Waals surface area contributed by atoms with Crippen molar-refractivity contribution in [3.63, 3.8) is 0 Å². The third kappa shape index (κ3) is 6.59. The van der Waals surface area contributed by atoms with E-state index in [-0.39, 0.29) is 75.8 Å². The number of esters is 1. The van der Waals surface area contributed by atoms with E-state index in [1.807, 2.05) is 0 Å². The van der Waals surface area contributed by atoms with Crippen LogP contribution in [0, 0.1) is 11.6 Å². The number of cyclic esters (lactones) is 1. The molecule has 2 saturated heterocycles. The number of rotatable bonds is 10. The molecule has 2 heterocycles. The molecule has 198 valence electrons. The molecule has 2 aliphatic heterocycles. The van der Waals surface area contributed by atoms with E-state index in [2.05, 4.69) is 5.32 Å². The second kappa shape index (κ2) is 11.5. The van der Waals surface area contributed by atoms with Crippen LogP contribution >= 0.6 is 0 Å². The topological polar surface area (TPSA) is 135 Å². The number of hydrogen-bond acceptors (Lipinski definition) is 8. The number of nitrogens with one attached hydrogen (secondary N) is 1. The summed E-state index contributed by atoms with van der Waals surface area (Å²) >= 11 is 0. The van der Waals surface area contributed by atoms with Crippen molar-refractivity contribution in [2.75, 3.05) is 49.7 Å². The maximum absolute atomic E-state index is 15.1. The van der Waals surface area contributed by atoms with Crippen LogP contribution < -0.4 is 15.1 Å². The van der Waals surface area contributed by atoms with Gasteiger partial charge in [-0.15, -0.1) is 0 Å². The molecule has 1 aromatic rings. The van der Waals surface area contributed by atoms with Crippen LogP contribution in [0.2, 0.25) is 0 Å². The number of carboxylic acid groups (broad SMARTS) is 1. The molecule has 0 saturated carbocycles. The monoisotopic (exact) mass is 513 g/mol. The van der Waals surface area contributed by atoms with E-state index in [1.54, 1.807) is 0 Å². The highest BCUT2D eigenvalue weighted by molar-refractivity contribution is 5.90. The predicted molar refractivity (Wildman–Crippen MR) is 122 cm³/mol. The quantitative estimate of drug-likeness (QED) is 0.449. The van der Waals surface area contributed by atoms with Gasteiger partial charge in [-0.1, -0.05) is 0 Å². The van der Waals surface area contributed by atoms with Crippen molar-refractivity contribution < 1.29 is 47.3 Å². The zero-order valence-electron chi connectivity index (χ0n) is 20.1. The lowest BCUT2D eigenvalue weighted by Crippen LogP contribution is -2.50. The fourth-order valence-electron chi connectivity index (χ4n) is 4.28. The molecule has 2 fully saturated rings. The molecular weight excluding hydrogens is 484 g/mol. The van der Waals surface area contributed by atoms with Gasteiger partial charge in [-0.05, 0) is 0 Å². The minimum atomic E-state index is -1.12. The van der Waals surface area contributed by atoms with Crippen LogP contribution in [0.15, 0.2) is 12.1 Å². The highest BCUT2D eigenvalue weighted by Gasteiger charge is 2.40. The molecule has 1 unspecified atom stereocenters. The molecule has 2 aliphatic rings. The van der Waals surface area contributed by atoms with E-state index >= 15 is 8.78 Å². The molecule has 0 aromatic heterocycles. The molecule has 1 atom stereocenters. The number of carbonyl (C=O) groups is 4. The van der Waals surface area contributed by atoms with Gasteiger partial charge >= 0.3 is 18.0 Å². The summed E-state index contributed by atoms with van der Waals surface area (Å²) < 4.78 is 46.0. The predicted octanol–water partition coefficient (Wildman–Crippen LogP) is 1.82. The normalized spacial score (nSPS) is 19.1. The zero-order valence-corrected chi connectivity index (χ0v) is 20.1. The van der Waals surface area contributed by atoms with E-state index in [1.165, 1.54) is 18.9 Å². The number of nitrogens with zero attached hydrogens (tertiary/aromatic N) is 2. The lowest BCUT2D eigenvalue weighted by atomic mass is 9.91. The van der Waals surface area contributed by atoms with Gasteiger partial charge in [0.15, 0.2) is 11.6 Å². The highest BCUT2D eigenvalue weighted by Crippen LogP contribution is 2.35. The van der Waals surface area contributed by atoms with Crippen LogP contribution in [-0.4, -0.2) is 80.6 Å². The molecule has 11 nitrogen and oxygen atoms in total. The van der Waals surface area contributed by atoms with Crippen molar-refractivity contribution in [2.45, 2.75) is 44.3 Å². The second-order valence-electron chi connectivity index (χ2n) is 8.78. The number of amides is 2. The fraction of sp³-hybridized carbons (Fsp3) is 0.565. The third-order valence-electron chi connectivity index (χ3n) is 6.04. The van der Waals surface area contributed by atoms with Crippen LogP contribution in [0.4, 0.5) is 25.0 Å². The molecule has 0 spiro atoms. The summed E-state index contributed by atoms with van der Waals surface area (Å²) in [7, 11) is 1.43. The van der Waals surface area contributed by atoms with E-state index in [0.717, 1.165) is 17.0 Å². The second-order valence-corrected chi connectivity index (χ2v) is 8.78. The van der Waals surface area contributed by atoms with Crippen molar-refractivity contribution >= 4 is 35.3 Å². The maximum Gasteiger partial charge on any atom is 0.414 e. The first-order chi connectivity index (χ1) is 17.0. The van der Waals surface area contributed by atoms with Gasteiger partial charge in [-0.3, -0.25) is 19.3 Å². The summed E-state index contributed by atoms with van der Waals surface area (Å²) in [5, 5.41) is 11.3. The van der Waals surface area contributed by atoms with Crippen molar-refractivity contribution in [3.05, 3.63) is 23.8 Å². The Hall–Kier alpha value is -3.48. The van der Waals surface area contributed by atoms with Crippen molar-refractivity contribution in [1.29, 1.82) is 0 Å². The zero-order chi connectivity index (χ0) is 26.5. The summed E-state index contributed by atoms with van der Waals surface area (Å²) in [6, 6.07) is 2.09. The van der Waals surface area contributed by atoms with Crippen LogP contribution in [-0.2, 0) is 28.6 Å². The number of aliphatic carboxylic acids is 1. The van der Waals surface area contributed by atoms with Crippen molar-refractivity contribution in [2.24, 2.45) is 0 Å². The number of halogens is 2. The van der Waals surface area contributed by atoms with Gasteiger partial charge in [0.2, 0.25) is 5.91 Å². The lowest BCUT2D eigenvalue weighted by Gasteiger charge is -2.41.